The highest BCUT2D eigenvalue weighted by atomic mass is 15.2. The average molecular weight is 268 g/mol. The van der Waals surface area contributed by atoms with Crippen molar-refractivity contribution < 1.29 is 0 Å². The first-order valence-electron chi connectivity index (χ1n) is 7.05. The van der Waals surface area contributed by atoms with Gasteiger partial charge in [0.1, 0.15) is 17.5 Å². The van der Waals surface area contributed by atoms with Crippen LogP contribution in [0.2, 0.25) is 0 Å². The van der Waals surface area contributed by atoms with Crippen molar-refractivity contribution in [2.45, 2.75) is 25.7 Å². The topological polar surface area (TPSA) is 41.0 Å². The van der Waals surface area contributed by atoms with Crippen molar-refractivity contribution in [3.63, 3.8) is 0 Å². The van der Waals surface area contributed by atoms with Crippen LogP contribution in [0.5, 0.6) is 0 Å². The number of para-hydroxylation sites is 1. The second-order valence-electron chi connectivity index (χ2n) is 5.34. The lowest BCUT2D eigenvalue weighted by Gasteiger charge is -2.21. The first kappa shape index (κ1) is 12.9. The molecule has 3 rings (SSSR count). The number of hydrogen-bond acceptors (Lipinski definition) is 4. The van der Waals surface area contributed by atoms with Gasteiger partial charge in [-0.2, -0.15) is 0 Å². The maximum Gasteiger partial charge on any atom is 0.138 e. The Morgan fingerprint density at radius 1 is 1.20 bits per heavy atom. The molecule has 1 aromatic heterocycles. The Kier molecular flexibility index (Phi) is 3.30. The molecule has 1 saturated carbocycles. The van der Waals surface area contributed by atoms with Gasteiger partial charge >= 0.3 is 0 Å². The van der Waals surface area contributed by atoms with Crippen LogP contribution in [-0.2, 0) is 0 Å². The standard InChI is InChI=1S/C16H20N4/c1-11-6-4-5-7-13(11)20(3)15-10-14(17-2)18-16(19-15)12-8-9-12/h4-7,10,12H,8-9H2,1-3H3,(H,17,18,19). The molecule has 1 fully saturated rings. The fourth-order valence-electron chi connectivity index (χ4n) is 2.34. The van der Waals surface area contributed by atoms with E-state index in [1.807, 2.05) is 13.1 Å². The maximum absolute atomic E-state index is 4.74. The molecule has 1 aliphatic rings. The first-order chi connectivity index (χ1) is 9.69. The van der Waals surface area contributed by atoms with Crippen LogP contribution in [0.1, 0.15) is 30.1 Å². The van der Waals surface area contributed by atoms with Crippen molar-refractivity contribution >= 4 is 17.3 Å². The van der Waals surface area contributed by atoms with Gasteiger partial charge in [0.05, 0.1) is 0 Å². The number of rotatable bonds is 4. The van der Waals surface area contributed by atoms with E-state index >= 15 is 0 Å². The van der Waals surface area contributed by atoms with Crippen molar-refractivity contribution in [3.05, 3.63) is 41.7 Å². The van der Waals surface area contributed by atoms with Gasteiger partial charge in [-0.15, -0.1) is 0 Å². The minimum Gasteiger partial charge on any atom is -0.373 e. The van der Waals surface area contributed by atoms with Gasteiger partial charge in [0.25, 0.3) is 0 Å². The molecule has 0 aliphatic heterocycles. The molecule has 104 valence electrons. The molecule has 1 aromatic carbocycles. The third-order valence-electron chi connectivity index (χ3n) is 3.75. The second kappa shape index (κ2) is 5.12. The van der Waals surface area contributed by atoms with Crippen LogP contribution in [-0.4, -0.2) is 24.1 Å². The van der Waals surface area contributed by atoms with Crippen LogP contribution in [0.3, 0.4) is 0 Å². The Labute approximate surface area is 119 Å². The predicted molar refractivity (Wildman–Crippen MR) is 82.8 cm³/mol. The summed E-state index contributed by atoms with van der Waals surface area (Å²) in [4.78, 5) is 11.4. The lowest BCUT2D eigenvalue weighted by molar-refractivity contribution is 0.915. The van der Waals surface area contributed by atoms with Crippen LogP contribution in [0, 0.1) is 6.92 Å². The summed E-state index contributed by atoms with van der Waals surface area (Å²) in [5.74, 6) is 3.34. The smallest absolute Gasteiger partial charge is 0.138 e. The molecular formula is C16H20N4. The first-order valence-corrected chi connectivity index (χ1v) is 7.05. The Hall–Kier alpha value is -2.10. The molecular weight excluding hydrogens is 248 g/mol. The zero-order valence-corrected chi connectivity index (χ0v) is 12.2. The molecule has 4 heteroatoms. The van der Waals surface area contributed by atoms with Crippen LogP contribution in [0.4, 0.5) is 17.3 Å². The quantitative estimate of drug-likeness (QED) is 0.921. The van der Waals surface area contributed by atoms with Crippen molar-refractivity contribution in [2.24, 2.45) is 0 Å². The minimum absolute atomic E-state index is 0.548. The molecule has 1 N–H and O–H groups in total. The summed E-state index contributed by atoms with van der Waals surface area (Å²) in [5.41, 5.74) is 2.42. The van der Waals surface area contributed by atoms with E-state index in [0.717, 1.165) is 17.5 Å². The maximum atomic E-state index is 4.74. The SMILES string of the molecule is CNc1cc(N(C)c2ccccc2C)nc(C2CC2)n1. The van der Waals surface area contributed by atoms with E-state index in [9.17, 15) is 0 Å². The van der Waals surface area contributed by atoms with Crippen molar-refractivity contribution in [2.75, 3.05) is 24.3 Å². The molecule has 0 unspecified atom stereocenters. The zero-order valence-electron chi connectivity index (χ0n) is 12.2. The van der Waals surface area contributed by atoms with Gasteiger partial charge in [-0.3, -0.25) is 0 Å². The van der Waals surface area contributed by atoms with Crippen LogP contribution >= 0.6 is 0 Å². The minimum atomic E-state index is 0.548. The number of nitrogens with one attached hydrogen (secondary N) is 1. The van der Waals surface area contributed by atoms with Crippen LogP contribution in [0.15, 0.2) is 30.3 Å². The van der Waals surface area contributed by atoms with Gasteiger partial charge in [0, 0.05) is 31.8 Å². The molecule has 0 radical (unpaired) electrons. The third-order valence-corrected chi connectivity index (χ3v) is 3.75. The van der Waals surface area contributed by atoms with Crippen molar-refractivity contribution in [3.8, 4) is 0 Å². The molecule has 0 saturated heterocycles. The number of nitrogens with zero attached hydrogens (tertiary/aromatic N) is 3. The number of benzene rings is 1. The van der Waals surface area contributed by atoms with E-state index in [4.69, 9.17) is 4.98 Å². The Morgan fingerprint density at radius 3 is 2.60 bits per heavy atom. The van der Waals surface area contributed by atoms with E-state index in [1.54, 1.807) is 0 Å². The predicted octanol–water partition coefficient (Wildman–Crippen LogP) is 3.47. The monoisotopic (exact) mass is 268 g/mol. The molecule has 0 amide bonds. The fourth-order valence-corrected chi connectivity index (χ4v) is 2.34. The second-order valence-corrected chi connectivity index (χ2v) is 5.34. The third kappa shape index (κ3) is 2.46. The molecule has 20 heavy (non-hydrogen) atoms. The Bertz CT molecular complexity index is 620. The number of aromatic nitrogens is 2. The van der Waals surface area contributed by atoms with Crippen molar-refractivity contribution in [1.82, 2.24) is 9.97 Å². The Morgan fingerprint density at radius 2 is 1.95 bits per heavy atom. The lowest BCUT2D eigenvalue weighted by Crippen LogP contribution is -2.14. The summed E-state index contributed by atoms with van der Waals surface area (Å²) >= 11 is 0. The van der Waals surface area contributed by atoms with E-state index in [1.165, 1.54) is 24.1 Å². The highest BCUT2D eigenvalue weighted by Crippen LogP contribution is 2.39. The average Bonchev–Trinajstić information content (AvgIpc) is 3.31. The zero-order chi connectivity index (χ0) is 14.1. The molecule has 0 bridgehead atoms. The lowest BCUT2D eigenvalue weighted by atomic mass is 10.2. The summed E-state index contributed by atoms with van der Waals surface area (Å²) in [7, 11) is 3.96. The number of hydrogen-bond donors (Lipinski definition) is 1. The Balaban J connectivity index is 2.00. The molecule has 4 nitrogen and oxygen atoms in total. The summed E-state index contributed by atoms with van der Waals surface area (Å²) in [5, 5.41) is 3.13. The summed E-state index contributed by atoms with van der Waals surface area (Å²) in [6, 6.07) is 10.3. The fraction of sp³-hybridized carbons (Fsp3) is 0.375. The van der Waals surface area contributed by atoms with Gasteiger partial charge in [-0.1, -0.05) is 18.2 Å². The van der Waals surface area contributed by atoms with Crippen molar-refractivity contribution in [1.29, 1.82) is 0 Å². The molecule has 2 aromatic rings. The largest absolute Gasteiger partial charge is 0.373 e. The van der Waals surface area contributed by atoms with E-state index < -0.39 is 0 Å². The summed E-state index contributed by atoms with van der Waals surface area (Å²) < 4.78 is 0. The molecule has 0 spiro atoms. The van der Waals surface area contributed by atoms with Crippen LogP contribution < -0.4 is 10.2 Å². The summed E-state index contributed by atoms with van der Waals surface area (Å²) in [6.07, 6.45) is 2.42. The molecule has 1 heterocycles. The van der Waals surface area contributed by atoms with E-state index in [0.29, 0.717) is 5.92 Å². The highest BCUT2D eigenvalue weighted by molar-refractivity contribution is 5.64. The van der Waals surface area contributed by atoms with Crippen LogP contribution in [0.25, 0.3) is 0 Å². The number of aryl methyl sites for hydroxylation is 1. The molecule has 0 atom stereocenters. The van der Waals surface area contributed by atoms with Gasteiger partial charge in [0.2, 0.25) is 0 Å². The van der Waals surface area contributed by atoms with Gasteiger partial charge in [0.15, 0.2) is 0 Å². The van der Waals surface area contributed by atoms with Gasteiger partial charge < -0.3 is 10.2 Å². The number of anilines is 3. The van der Waals surface area contributed by atoms with Gasteiger partial charge in [-0.25, -0.2) is 9.97 Å². The van der Waals surface area contributed by atoms with Gasteiger partial charge in [-0.05, 0) is 31.4 Å². The normalized spacial score (nSPS) is 14.2. The highest BCUT2D eigenvalue weighted by Gasteiger charge is 2.27. The van der Waals surface area contributed by atoms with E-state index in [-0.39, 0.29) is 0 Å². The van der Waals surface area contributed by atoms with E-state index in [2.05, 4.69) is 53.4 Å². The summed E-state index contributed by atoms with van der Waals surface area (Å²) in [6.45, 7) is 2.12. The molecule has 1 aliphatic carbocycles.